The lowest BCUT2D eigenvalue weighted by Gasteiger charge is -2.09. The van der Waals surface area contributed by atoms with Crippen LogP contribution in [0.3, 0.4) is 0 Å². The molecule has 0 radical (unpaired) electrons. The summed E-state index contributed by atoms with van der Waals surface area (Å²) >= 11 is 0. The van der Waals surface area contributed by atoms with Gasteiger partial charge < -0.3 is 9.64 Å². The van der Waals surface area contributed by atoms with Crippen molar-refractivity contribution >= 4 is 11.6 Å². The molecule has 0 spiro atoms. The first-order chi connectivity index (χ1) is 6.75. The van der Waals surface area contributed by atoms with E-state index in [1.165, 1.54) is 5.56 Å². The summed E-state index contributed by atoms with van der Waals surface area (Å²) in [6, 6.07) is 6.15. The van der Waals surface area contributed by atoms with E-state index in [-0.39, 0.29) is 12.0 Å². The highest BCUT2D eigenvalue weighted by atomic mass is 16.6. The Labute approximate surface area is 82.3 Å². The highest BCUT2D eigenvalue weighted by Crippen LogP contribution is 2.35. The van der Waals surface area contributed by atoms with E-state index in [4.69, 9.17) is 4.74 Å². The Balaban J connectivity index is 2.04. The highest BCUT2D eigenvalue weighted by molar-refractivity contribution is 6.00. The van der Waals surface area contributed by atoms with Crippen LogP contribution in [0.2, 0.25) is 0 Å². The fourth-order valence-corrected chi connectivity index (χ4v) is 1.93. The van der Waals surface area contributed by atoms with Crippen molar-refractivity contribution in [2.45, 2.75) is 12.5 Å². The van der Waals surface area contributed by atoms with Gasteiger partial charge in [-0.25, -0.2) is 0 Å². The van der Waals surface area contributed by atoms with E-state index in [9.17, 15) is 4.79 Å². The molecule has 2 aliphatic rings. The molecule has 1 unspecified atom stereocenters. The molecule has 72 valence electrons. The largest absolute Gasteiger partial charge is 0.368 e. The van der Waals surface area contributed by atoms with Crippen LogP contribution in [0.1, 0.15) is 17.2 Å². The van der Waals surface area contributed by atoms with Gasteiger partial charge in [0.2, 0.25) is 5.91 Å². The number of fused-ring (bicyclic) bond motifs is 1. The van der Waals surface area contributed by atoms with Crippen LogP contribution >= 0.6 is 0 Å². The Morgan fingerprint density at radius 3 is 3.00 bits per heavy atom. The number of benzene rings is 1. The van der Waals surface area contributed by atoms with E-state index in [0.717, 1.165) is 17.9 Å². The number of hydrogen-bond acceptors (Lipinski definition) is 2. The second-order valence-electron chi connectivity index (χ2n) is 3.84. The van der Waals surface area contributed by atoms with Crippen molar-refractivity contribution in [2.24, 2.45) is 0 Å². The molecule has 1 atom stereocenters. The van der Waals surface area contributed by atoms with Gasteiger partial charge in [-0.3, -0.25) is 4.79 Å². The van der Waals surface area contributed by atoms with E-state index >= 15 is 0 Å². The van der Waals surface area contributed by atoms with Gasteiger partial charge in [0.1, 0.15) is 6.10 Å². The van der Waals surface area contributed by atoms with E-state index < -0.39 is 0 Å². The zero-order valence-corrected chi connectivity index (χ0v) is 7.99. The monoisotopic (exact) mass is 189 g/mol. The van der Waals surface area contributed by atoms with E-state index in [1.54, 1.807) is 4.90 Å². The number of carbonyl (C=O) groups is 1. The Morgan fingerprint density at radius 1 is 1.50 bits per heavy atom. The third-order valence-corrected chi connectivity index (χ3v) is 2.89. The predicted octanol–water partition coefficient (Wildman–Crippen LogP) is 1.28. The van der Waals surface area contributed by atoms with Crippen LogP contribution in [0.4, 0.5) is 5.69 Å². The van der Waals surface area contributed by atoms with Gasteiger partial charge in [-0.05, 0) is 17.2 Å². The van der Waals surface area contributed by atoms with Crippen molar-refractivity contribution in [3.8, 4) is 0 Å². The maximum Gasteiger partial charge on any atom is 0.231 e. The van der Waals surface area contributed by atoms with E-state index in [0.29, 0.717) is 6.42 Å². The van der Waals surface area contributed by atoms with Crippen LogP contribution < -0.4 is 4.90 Å². The Bertz CT molecular complexity index is 410. The van der Waals surface area contributed by atoms with Gasteiger partial charge in [-0.2, -0.15) is 0 Å². The molecule has 14 heavy (non-hydrogen) atoms. The van der Waals surface area contributed by atoms with Crippen molar-refractivity contribution in [3.05, 3.63) is 29.3 Å². The summed E-state index contributed by atoms with van der Waals surface area (Å²) < 4.78 is 5.21. The molecule has 1 fully saturated rings. The molecule has 0 bridgehead atoms. The molecule has 2 heterocycles. The normalized spacial score (nSPS) is 23.9. The molecule has 3 heteroatoms. The summed E-state index contributed by atoms with van der Waals surface area (Å²) in [5.74, 6) is 0.175. The Morgan fingerprint density at radius 2 is 2.29 bits per heavy atom. The van der Waals surface area contributed by atoms with Gasteiger partial charge in [-0.1, -0.05) is 12.1 Å². The third-order valence-electron chi connectivity index (χ3n) is 2.89. The van der Waals surface area contributed by atoms with Gasteiger partial charge in [0, 0.05) is 12.7 Å². The van der Waals surface area contributed by atoms with Crippen molar-refractivity contribution in [1.29, 1.82) is 0 Å². The van der Waals surface area contributed by atoms with Crippen molar-refractivity contribution in [2.75, 3.05) is 18.6 Å². The van der Waals surface area contributed by atoms with Gasteiger partial charge in [0.15, 0.2) is 0 Å². The first kappa shape index (κ1) is 8.00. The van der Waals surface area contributed by atoms with Crippen LogP contribution in [-0.4, -0.2) is 19.6 Å². The van der Waals surface area contributed by atoms with Crippen LogP contribution in [0.25, 0.3) is 0 Å². The molecule has 1 aromatic rings. The third kappa shape index (κ3) is 1.06. The standard InChI is InChI=1S/C11H11NO2/c1-12-9-3-2-7(10-6-14-10)4-8(9)5-11(12)13/h2-4,10H,5-6H2,1H3. The number of rotatable bonds is 1. The van der Waals surface area contributed by atoms with Crippen LogP contribution in [0, 0.1) is 0 Å². The molecular formula is C11H11NO2. The molecule has 1 saturated heterocycles. The Kier molecular flexibility index (Phi) is 1.47. The SMILES string of the molecule is CN1C(=O)Cc2cc(C3CO3)ccc21. The lowest BCUT2D eigenvalue weighted by Crippen LogP contribution is -2.20. The first-order valence-corrected chi connectivity index (χ1v) is 4.76. The summed E-state index contributed by atoms with van der Waals surface area (Å²) in [6.45, 7) is 0.822. The maximum atomic E-state index is 11.4. The van der Waals surface area contributed by atoms with Crippen LogP contribution in [-0.2, 0) is 16.0 Å². The fourth-order valence-electron chi connectivity index (χ4n) is 1.93. The second kappa shape index (κ2) is 2.58. The minimum absolute atomic E-state index is 0.175. The average molecular weight is 189 g/mol. The average Bonchev–Trinajstić information content (AvgIpc) is 2.96. The summed E-state index contributed by atoms with van der Waals surface area (Å²) in [7, 11) is 1.82. The minimum Gasteiger partial charge on any atom is -0.368 e. The summed E-state index contributed by atoms with van der Waals surface area (Å²) in [5.41, 5.74) is 3.37. The molecule has 0 N–H and O–H groups in total. The second-order valence-corrected chi connectivity index (χ2v) is 3.84. The number of ether oxygens (including phenoxy) is 1. The lowest BCUT2D eigenvalue weighted by atomic mass is 10.1. The minimum atomic E-state index is 0.175. The Hall–Kier alpha value is -1.35. The van der Waals surface area contributed by atoms with Gasteiger partial charge in [-0.15, -0.1) is 0 Å². The zero-order valence-electron chi connectivity index (χ0n) is 7.99. The molecule has 1 aromatic carbocycles. The first-order valence-electron chi connectivity index (χ1n) is 4.76. The number of anilines is 1. The summed E-state index contributed by atoms with van der Waals surface area (Å²) in [6.07, 6.45) is 0.813. The van der Waals surface area contributed by atoms with Gasteiger partial charge in [0.05, 0.1) is 13.0 Å². The highest BCUT2D eigenvalue weighted by Gasteiger charge is 2.29. The molecule has 3 nitrogen and oxygen atoms in total. The number of hydrogen-bond donors (Lipinski definition) is 0. The topological polar surface area (TPSA) is 32.8 Å². The number of epoxide rings is 1. The van der Waals surface area contributed by atoms with Crippen LogP contribution in [0.5, 0.6) is 0 Å². The summed E-state index contributed by atoms with van der Waals surface area (Å²) in [4.78, 5) is 13.1. The van der Waals surface area contributed by atoms with Crippen LogP contribution in [0.15, 0.2) is 18.2 Å². The van der Waals surface area contributed by atoms with E-state index in [2.05, 4.69) is 6.07 Å². The quantitative estimate of drug-likeness (QED) is 0.623. The molecule has 0 aliphatic carbocycles. The molecule has 3 rings (SSSR count). The van der Waals surface area contributed by atoms with Crippen molar-refractivity contribution in [3.63, 3.8) is 0 Å². The maximum absolute atomic E-state index is 11.4. The lowest BCUT2D eigenvalue weighted by molar-refractivity contribution is -0.117. The van der Waals surface area contributed by atoms with Gasteiger partial charge >= 0.3 is 0 Å². The molecule has 1 amide bonds. The number of carbonyl (C=O) groups excluding carboxylic acids is 1. The van der Waals surface area contributed by atoms with Crippen molar-refractivity contribution in [1.82, 2.24) is 0 Å². The van der Waals surface area contributed by atoms with E-state index in [1.807, 2.05) is 19.2 Å². The predicted molar refractivity (Wildman–Crippen MR) is 52.2 cm³/mol. The zero-order chi connectivity index (χ0) is 9.71. The number of nitrogens with zero attached hydrogens (tertiary/aromatic N) is 1. The fraction of sp³-hybridized carbons (Fsp3) is 0.364. The summed E-state index contributed by atoms with van der Waals surface area (Å²) in [5, 5.41) is 0. The van der Waals surface area contributed by atoms with Crippen molar-refractivity contribution < 1.29 is 9.53 Å². The number of likely N-dealkylation sites (N-methyl/N-ethyl adjacent to an activating group) is 1. The number of amides is 1. The molecular weight excluding hydrogens is 178 g/mol. The van der Waals surface area contributed by atoms with Gasteiger partial charge in [0.25, 0.3) is 0 Å². The molecule has 0 saturated carbocycles. The smallest absolute Gasteiger partial charge is 0.231 e. The molecule has 2 aliphatic heterocycles. The molecule has 0 aromatic heterocycles.